The van der Waals surface area contributed by atoms with E-state index in [1.54, 1.807) is 0 Å². The summed E-state index contributed by atoms with van der Waals surface area (Å²) in [5.74, 6) is -1.56. The number of carbonyl (C=O) groups is 1. The molecule has 0 amide bonds. The van der Waals surface area contributed by atoms with Gasteiger partial charge >= 0.3 is 6.18 Å². The van der Waals surface area contributed by atoms with Crippen LogP contribution in [-0.4, -0.2) is 12.4 Å². The van der Waals surface area contributed by atoms with E-state index >= 15 is 0 Å². The van der Waals surface area contributed by atoms with Crippen LogP contribution in [0.4, 0.5) is 22.0 Å². The highest BCUT2D eigenvalue weighted by atomic mass is 19.4. The summed E-state index contributed by atoms with van der Waals surface area (Å²) in [5, 5.41) is 0. The smallest absolute Gasteiger partial charge is 0.419 e. The lowest BCUT2D eigenvalue weighted by molar-refractivity contribution is -0.139. The van der Waals surface area contributed by atoms with E-state index < -0.39 is 40.8 Å². The van der Waals surface area contributed by atoms with E-state index in [9.17, 15) is 26.7 Å². The Kier molecular flexibility index (Phi) is 4.49. The molecule has 106 valence electrons. The van der Waals surface area contributed by atoms with Crippen molar-refractivity contribution in [2.45, 2.75) is 26.4 Å². The molecule has 0 aliphatic carbocycles. The van der Waals surface area contributed by atoms with Gasteiger partial charge in [0.2, 0.25) is 0 Å². The van der Waals surface area contributed by atoms with Crippen LogP contribution in [0.15, 0.2) is 12.1 Å². The van der Waals surface area contributed by atoms with Crippen molar-refractivity contribution in [1.82, 2.24) is 0 Å². The quantitative estimate of drug-likeness (QED) is 0.609. The third kappa shape index (κ3) is 3.42. The van der Waals surface area contributed by atoms with Gasteiger partial charge in [-0.15, -0.1) is 0 Å². The SMILES string of the molecule is CCOc1cc(C(F)F)c(C(C)=O)cc1C(F)(F)F. The topological polar surface area (TPSA) is 26.3 Å². The first-order chi connectivity index (χ1) is 8.68. The maximum atomic E-state index is 12.8. The van der Waals surface area contributed by atoms with Crippen molar-refractivity contribution in [3.63, 3.8) is 0 Å². The molecule has 0 aliphatic rings. The van der Waals surface area contributed by atoms with Crippen LogP contribution in [0.3, 0.4) is 0 Å². The minimum absolute atomic E-state index is 0.106. The Balaban J connectivity index is 3.55. The molecule has 0 atom stereocenters. The number of benzene rings is 1. The molecule has 7 heteroatoms. The van der Waals surface area contributed by atoms with E-state index in [-0.39, 0.29) is 6.61 Å². The molecule has 0 heterocycles. The zero-order valence-electron chi connectivity index (χ0n) is 10.1. The molecule has 2 nitrogen and oxygen atoms in total. The van der Waals surface area contributed by atoms with Crippen molar-refractivity contribution < 1.29 is 31.5 Å². The molecule has 0 saturated carbocycles. The molecule has 0 N–H and O–H groups in total. The number of hydrogen-bond donors (Lipinski definition) is 0. The summed E-state index contributed by atoms with van der Waals surface area (Å²) in [6.45, 7) is 2.26. The van der Waals surface area contributed by atoms with Crippen LogP contribution >= 0.6 is 0 Å². The van der Waals surface area contributed by atoms with Gasteiger partial charge in [-0.1, -0.05) is 0 Å². The minimum Gasteiger partial charge on any atom is -0.493 e. The third-order valence-electron chi connectivity index (χ3n) is 2.37. The van der Waals surface area contributed by atoms with Gasteiger partial charge in [0.1, 0.15) is 5.75 Å². The maximum absolute atomic E-state index is 12.8. The van der Waals surface area contributed by atoms with Gasteiger partial charge in [-0.3, -0.25) is 4.79 Å². The summed E-state index contributed by atoms with van der Waals surface area (Å²) in [7, 11) is 0. The molecule has 0 unspecified atom stereocenters. The zero-order chi connectivity index (χ0) is 14.8. The zero-order valence-corrected chi connectivity index (χ0v) is 10.1. The van der Waals surface area contributed by atoms with Crippen LogP contribution in [0, 0.1) is 0 Å². The van der Waals surface area contributed by atoms with E-state index in [1.807, 2.05) is 0 Å². The predicted octanol–water partition coefficient (Wildman–Crippen LogP) is 4.24. The van der Waals surface area contributed by atoms with Crippen molar-refractivity contribution in [3.05, 3.63) is 28.8 Å². The molecule has 0 aliphatic heterocycles. The molecule has 1 rings (SSSR count). The molecular formula is C12H11F5O2. The highest BCUT2D eigenvalue weighted by molar-refractivity contribution is 5.96. The van der Waals surface area contributed by atoms with Crippen molar-refractivity contribution in [2.75, 3.05) is 6.61 Å². The summed E-state index contributed by atoms with van der Waals surface area (Å²) >= 11 is 0. The minimum atomic E-state index is -4.78. The van der Waals surface area contributed by atoms with Crippen LogP contribution in [0.1, 0.15) is 41.8 Å². The Morgan fingerprint density at radius 1 is 1.32 bits per heavy atom. The Labute approximate surface area is 106 Å². The largest absolute Gasteiger partial charge is 0.493 e. The summed E-state index contributed by atoms with van der Waals surface area (Å²) < 4.78 is 68.5. The van der Waals surface area contributed by atoms with E-state index in [2.05, 4.69) is 0 Å². The van der Waals surface area contributed by atoms with Gasteiger partial charge in [0.15, 0.2) is 5.78 Å². The molecule has 0 spiro atoms. The van der Waals surface area contributed by atoms with Gasteiger partial charge in [-0.05, 0) is 26.0 Å². The Hall–Kier alpha value is -1.66. The van der Waals surface area contributed by atoms with E-state index in [4.69, 9.17) is 4.74 Å². The number of rotatable bonds is 4. The molecular weight excluding hydrogens is 271 g/mol. The molecule has 0 aromatic heterocycles. The van der Waals surface area contributed by atoms with Crippen LogP contribution in [0.5, 0.6) is 5.75 Å². The second kappa shape index (κ2) is 5.54. The second-order valence-electron chi connectivity index (χ2n) is 3.72. The summed E-state index contributed by atoms with van der Waals surface area (Å²) in [6.07, 6.45) is -7.84. The molecule has 1 aromatic rings. The molecule has 0 fully saturated rings. The number of Topliss-reactive ketones (excluding diaryl/α,β-unsaturated/α-hetero) is 1. The first-order valence-corrected chi connectivity index (χ1v) is 5.35. The average molecular weight is 282 g/mol. The van der Waals surface area contributed by atoms with Crippen molar-refractivity contribution >= 4 is 5.78 Å². The van der Waals surface area contributed by atoms with E-state index in [0.29, 0.717) is 12.1 Å². The molecule has 0 radical (unpaired) electrons. The van der Waals surface area contributed by atoms with Gasteiger partial charge in [0, 0.05) is 11.1 Å². The highest BCUT2D eigenvalue weighted by Crippen LogP contribution is 2.40. The standard InChI is InChI=1S/C12H11F5O2/c1-3-19-10-5-8(11(13)14)7(6(2)18)4-9(10)12(15,16)17/h4-5,11H,3H2,1-2H3. The van der Waals surface area contributed by atoms with Crippen LogP contribution in [0.25, 0.3) is 0 Å². The third-order valence-corrected chi connectivity index (χ3v) is 2.37. The van der Waals surface area contributed by atoms with Gasteiger partial charge in [-0.2, -0.15) is 13.2 Å². The lowest BCUT2D eigenvalue weighted by Crippen LogP contribution is -2.12. The van der Waals surface area contributed by atoms with Gasteiger partial charge in [0.25, 0.3) is 6.43 Å². The number of carbonyl (C=O) groups excluding carboxylic acids is 1. The number of ketones is 1. The predicted molar refractivity (Wildman–Crippen MR) is 57.6 cm³/mol. The fourth-order valence-electron chi connectivity index (χ4n) is 1.58. The molecule has 1 aromatic carbocycles. The number of ether oxygens (including phenoxy) is 1. The van der Waals surface area contributed by atoms with Gasteiger partial charge < -0.3 is 4.74 Å². The first kappa shape index (κ1) is 15.4. The molecule has 19 heavy (non-hydrogen) atoms. The van der Waals surface area contributed by atoms with Crippen molar-refractivity contribution in [1.29, 1.82) is 0 Å². The molecule has 0 saturated heterocycles. The van der Waals surface area contributed by atoms with Crippen molar-refractivity contribution in [2.24, 2.45) is 0 Å². The number of alkyl halides is 5. The number of halogens is 5. The van der Waals surface area contributed by atoms with Crippen LogP contribution in [0.2, 0.25) is 0 Å². The summed E-state index contributed by atoms with van der Waals surface area (Å²) in [5.41, 5.74) is -2.64. The monoisotopic (exact) mass is 282 g/mol. The highest BCUT2D eigenvalue weighted by Gasteiger charge is 2.36. The fourth-order valence-corrected chi connectivity index (χ4v) is 1.58. The Morgan fingerprint density at radius 3 is 2.26 bits per heavy atom. The van der Waals surface area contributed by atoms with Crippen LogP contribution < -0.4 is 4.74 Å². The van der Waals surface area contributed by atoms with Crippen LogP contribution in [-0.2, 0) is 6.18 Å². The normalized spacial score (nSPS) is 11.8. The van der Waals surface area contributed by atoms with E-state index in [0.717, 1.165) is 6.92 Å². The molecule has 0 bridgehead atoms. The average Bonchev–Trinajstić information content (AvgIpc) is 2.26. The van der Waals surface area contributed by atoms with E-state index in [1.165, 1.54) is 6.92 Å². The Morgan fingerprint density at radius 2 is 1.89 bits per heavy atom. The summed E-state index contributed by atoms with van der Waals surface area (Å²) in [4.78, 5) is 11.2. The van der Waals surface area contributed by atoms with Gasteiger partial charge in [0.05, 0.1) is 12.2 Å². The second-order valence-corrected chi connectivity index (χ2v) is 3.72. The Bertz CT molecular complexity index is 480. The number of hydrogen-bond acceptors (Lipinski definition) is 2. The van der Waals surface area contributed by atoms with Crippen molar-refractivity contribution in [3.8, 4) is 5.75 Å². The fraction of sp³-hybridized carbons (Fsp3) is 0.417. The maximum Gasteiger partial charge on any atom is 0.419 e. The summed E-state index contributed by atoms with van der Waals surface area (Å²) in [6, 6.07) is 0.989. The first-order valence-electron chi connectivity index (χ1n) is 5.35. The lowest BCUT2D eigenvalue weighted by atomic mass is 10.00. The lowest BCUT2D eigenvalue weighted by Gasteiger charge is -2.16. The van der Waals surface area contributed by atoms with Gasteiger partial charge in [-0.25, -0.2) is 8.78 Å².